The Balaban J connectivity index is 1.13. The zero-order chi connectivity index (χ0) is 40.9. The van der Waals surface area contributed by atoms with Crippen molar-refractivity contribution in [1.82, 2.24) is 15.0 Å². The number of aromatic nitrogens is 3. The van der Waals surface area contributed by atoms with E-state index in [0.717, 1.165) is 51.9 Å². The Labute approximate surface area is 361 Å². The molecule has 0 saturated carbocycles. The number of fused-ring (bicyclic) bond motifs is 9. The third-order valence-corrected chi connectivity index (χ3v) is 14.0. The molecule has 0 amide bonds. The van der Waals surface area contributed by atoms with Gasteiger partial charge in [0.05, 0.1) is 11.1 Å². The van der Waals surface area contributed by atoms with Crippen LogP contribution >= 0.6 is 11.8 Å². The van der Waals surface area contributed by atoms with Crippen molar-refractivity contribution in [2.45, 2.75) is 30.4 Å². The first-order valence-corrected chi connectivity index (χ1v) is 22.0. The molecule has 2 heterocycles. The monoisotopic (exact) mass is 802 g/mol. The first-order valence-electron chi connectivity index (χ1n) is 21.1. The summed E-state index contributed by atoms with van der Waals surface area (Å²) in [6, 6.07) is 49.5. The van der Waals surface area contributed by atoms with Crippen LogP contribution in [-0.2, 0) is 5.41 Å². The van der Waals surface area contributed by atoms with E-state index in [4.69, 9.17) is 19.9 Å². The molecule has 1 aromatic heterocycles. The molecule has 0 bridgehead atoms. The molecule has 7 aromatic rings. The summed E-state index contributed by atoms with van der Waals surface area (Å²) in [5, 5.41) is 0.308. The summed E-state index contributed by atoms with van der Waals surface area (Å²) in [7, 11) is 0. The molecule has 5 heteroatoms. The molecule has 3 atom stereocenters. The quantitative estimate of drug-likeness (QED) is 0.151. The van der Waals surface area contributed by atoms with Crippen molar-refractivity contribution in [3.8, 4) is 67.5 Å². The molecule has 1 fully saturated rings. The van der Waals surface area contributed by atoms with E-state index in [0.29, 0.717) is 22.7 Å². The van der Waals surface area contributed by atoms with E-state index < -0.39 is 0 Å². The fourth-order valence-electron chi connectivity index (χ4n) is 10.1. The lowest BCUT2D eigenvalue weighted by Crippen LogP contribution is -2.45. The fraction of sp³-hybridized carbons (Fsp3) is 0.107. The highest BCUT2D eigenvalue weighted by atomic mass is 32.2. The number of allylic oxidation sites excluding steroid dienone is 7. The lowest BCUT2D eigenvalue weighted by molar-refractivity contribution is 0.453. The highest BCUT2D eigenvalue weighted by Gasteiger charge is 2.57. The second kappa shape index (κ2) is 15.3. The predicted octanol–water partition coefficient (Wildman–Crippen LogP) is 14.3. The summed E-state index contributed by atoms with van der Waals surface area (Å²) in [6.07, 6.45) is 20.7. The minimum absolute atomic E-state index is 0.227. The molecule has 61 heavy (non-hydrogen) atoms. The molecule has 6 aromatic carbocycles. The van der Waals surface area contributed by atoms with Crippen LogP contribution in [0.2, 0.25) is 0 Å². The average molecular weight is 803 g/mol. The largest absolute Gasteiger partial charge is 0.263 e. The smallest absolute Gasteiger partial charge is 0.164 e. The van der Waals surface area contributed by atoms with Gasteiger partial charge in [-0.05, 0) is 71.0 Å². The van der Waals surface area contributed by atoms with Gasteiger partial charge >= 0.3 is 0 Å². The molecule has 1 spiro atoms. The summed E-state index contributed by atoms with van der Waals surface area (Å²) < 4.78 is 0. The van der Waals surface area contributed by atoms with Crippen molar-refractivity contribution in [3.05, 3.63) is 209 Å². The van der Waals surface area contributed by atoms with Crippen LogP contribution in [0.25, 0.3) is 73.6 Å². The molecule has 4 aliphatic rings. The minimum atomic E-state index is -0.380. The first kappa shape index (κ1) is 37.1. The number of benzene rings is 6. The molecule has 3 unspecified atom stereocenters. The Bertz CT molecular complexity index is 2970. The number of nitrogens with zero attached hydrogens (tertiary/aromatic N) is 4. The van der Waals surface area contributed by atoms with Gasteiger partial charge in [-0.15, -0.1) is 11.8 Å². The lowest BCUT2D eigenvalue weighted by Gasteiger charge is -2.49. The summed E-state index contributed by atoms with van der Waals surface area (Å²) in [4.78, 5) is 21.1. The number of rotatable bonds is 7. The second-order valence-corrected chi connectivity index (χ2v) is 17.1. The highest BCUT2D eigenvalue weighted by Crippen LogP contribution is 2.67. The van der Waals surface area contributed by atoms with Gasteiger partial charge in [-0.25, -0.2) is 15.0 Å². The van der Waals surface area contributed by atoms with Gasteiger partial charge in [0.2, 0.25) is 0 Å². The Morgan fingerprint density at radius 1 is 0.590 bits per heavy atom. The third-order valence-electron chi connectivity index (χ3n) is 12.6. The van der Waals surface area contributed by atoms with E-state index in [-0.39, 0.29) is 11.3 Å². The van der Waals surface area contributed by atoms with Crippen LogP contribution in [0.3, 0.4) is 0 Å². The van der Waals surface area contributed by atoms with Crippen molar-refractivity contribution < 1.29 is 0 Å². The van der Waals surface area contributed by atoms with E-state index in [1.807, 2.05) is 72.4 Å². The predicted molar refractivity (Wildman–Crippen MR) is 256 cm³/mol. The molecule has 3 aliphatic carbocycles. The number of hydrogen-bond donors (Lipinski definition) is 0. The van der Waals surface area contributed by atoms with Crippen LogP contribution in [0.4, 0.5) is 5.69 Å². The van der Waals surface area contributed by atoms with Gasteiger partial charge in [-0.1, -0.05) is 188 Å². The zero-order valence-corrected chi connectivity index (χ0v) is 34.7. The van der Waals surface area contributed by atoms with E-state index in [2.05, 4.69) is 141 Å². The lowest BCUT2D eigenvalue weighted by atomic mass is 9.60. The summed E-state index contributed by atoms with van der Waals surface area (Å²) in [6.45, 7) is 6.15. The van der Waals surface area contributed by atoms with E-state index in [1.54, 1.807) is 0 Å². The van der Waals surface area contributed by atoms with Crippen LogP contribution < -0.4 is 0 Å². The molecule has 0 radical (unpaired) electrons. The van der Waals surface area contributed by atoms with Gasteiger partial charge in [0.1, 0.15) is 0 Å². The van der Waals surface area contributed by atoms with Crippen LogP contribution in [0.15, 0.2) is 198 Å². The topological polar surface area (TPSA) is 51.0 Å². The summed E-state index contributed by atoms with van der Waals surface area (Å²) in [5.74, 6) is 2.17. The molecule has 11 rings (SSSR count). The van der Waals surface area contributed by atoms with Gasteiger partial charge in [0.25, 0.3) is 0 Å². The first-order chi connectivity index (χ1) is 30.2. The van der Waals surface area contributed by atoms with Crippen LogP contribution in [0, 0.1) is 5.92 Å². The van der Waals surface area contributed by atoms with E-state index in [1.165, 1.54) is 43.9 Å². The van der Waals surface area contributed by atoms with Crippen molar-refractivity contribution in [3.63, 3.8) is 0 Å². The van der Waals surface area contributed by atoms with Crippen molar-refractivity contribution in [2.75, 3.05) is 0 Å². The van der Waals surface area contributed by atoms with Crippen LogP contribution in [0.1, 0.15) is 36.5 Å². The second-order valence-electron chi connectivity index (χ2n) is 15.9. The van der Waals surface area contributed by atoms with Gasteiger partial charge < -0.3 is 0 Å². The molecule has 292 valence electrons. The molecule has 1 saturated heterocycles. The van der Waals surface area contributed by atoms with Crippen molar-refractivity contribution in [1.29, 1.82) is 0 Å². The summed E-state index contributed by atoms with van der Waals surface area (Å²) in [5.41, 5.74) is 15.7. The molecule has 1 aliphatic heterocycles. The minimum Gasteiger partial charge on any atom is -0.263 e. The van der Waals surface area contributed by atoms with Crippen molar-refractivity contribution >= 4 is 30.2 Å². The fourth-order valence-corrected chi connectivity index (χ4v) is 11.6. The van der Waals surface area contributed by atoms with E-state index in [9.17, 15) is 0 Å². The van der Waals surface area contributed by atoms with Gasteiger partial charge in [-0.2, -0.15) is 0 Å². The molecular weight excluding hydrogens is 761 g/mol. The Hall–Kier alpha value is -6.95. The Kier molecular flexibility index (Phi) is 9.28. The zero-order valence-electron chi connectivity index (χ0n) is 33.9. The highest BCUT2D eigenvalue weighted by molar-refractivity contribution is 8.04. The van der Waals surface area contributed by atoms with Gasteiger partial charge in [0.15, 0.2) is 17.5 Å². The third kappa shape index (κ3) is 5.98. The number of hydrogen-bond acceptors (Lipinski definition) is 5. The number of para-hydroxylation sites is 1. The van der Waals surface area contributed by atoms with Crippen LogP contribution in [0.5, 0.6) is 0 Å². The Morgan fingerprint density at radius 2 is 1.15 bits per heavy atom. The maximum absolute atomic E-state index is 5.04. The van der Waals surface area contributed by atoms with Gasteiger partial charge in [0, 0.05) is 43.9 Å². The molecule has 0 N–H and O–H groups in total. The average Bonchev–Trinajstić information content (AvgIpc) is 3.63. The summed E-state index contributed by atoms with van der Waals surface area (Å²) >= 11 is 2.03. The SMILES string of the molecule is C=Nc1c(/C=C\C)cccc1-c1cccc2c1-c1c(-c3ccc(-c4nc(-c5ccccc5)nc(-c5ccccc5)n4)cc3)cccc1C21C2=CCCC=C2SC2C=CC=CC21. The standard InChI is InChI=1S/C56H42N4S/c1-3-17-37-22-14-25-43(52(37)57-2)42-24-16-29-47-51(42)50-41(23-15-28-46(50)56(47)44-26-10-12-30-48(44)61-49-31-13-11-27-45(49)56)36-32-34-40(35-33-36)55-59-53(38-18-6-4-7-19-38)58-54(60-55)39-20-8-5-9-21-39/h3-10,12,14-35,44,48H,2,11,13H2,1H3/b17-3-. The maximum Gasteiger partial charge on any atom is 0.164 e. The van der Waals surface area contributed by atoms with Gasteiger partial charge in [-0.3, -0.25) is 4.99 Å². The molecular formula is C56H42N4S. The number of aliphatic imine (C=N–C) groups is 1. The number of thioether (sulfide) groups is 1. The van der Waals surface area contributed by atoms with Crippen molar-refractivity contribution in [2.24, 2.45) is 10.9 Å². The maximum atomic E-state index is 5.04. The Morgan fingerprint density at radius 3 is 1.80 bits per heavy atom. The van der Waals surface area contributed by atoms with E-state index >= 15 is 0 Å². The molecule has 4 nitrogen and oxygen atoms in total. The van der Waals surface area contributed by atoms with Crippen LogP contribution in [-0.4, -0.2) is 26.9 Å². The normalized spacial score (nSPS) is 19.5.